The van der Waals surface area contributed by atoms with Crippen LogP contribution in [0, 0.1) is 0 Å². The van der Waals surface area contributed by atoms with Gasteiger partial charge in [0.1, 0.15) is 13.2 Å². The molecule has 0 unspecified atom stereocenters. The third-order valence-corrected chi connectivity index (χ3v) is 3.77. The molecule has 0 heterocycles. The van der Waals surface area contributed by atoms with Crippen molar-refractivity contribution in [1.29, 1.82) is 0 Å². The van der Waals surface area contributed by atoms with Crippen molar-refractivity contribution in [3.05, 3.63) is 71.8 Å². The van der Waals surface area contributed by atoms with Crippen molar-refractivity contribution in [2.45, 2.75) is 6.92 Å². The van der Waals surface area contributed by atoms with Crippen molar-refractivity contribution in [3.63, 3.8) is 0 Å². The summed E-state index contributed by atoms with van der Waals surface area (Å²) in [5, 5.41) is 0. The van der Waals surface area contributed by atoms with Crippen LogP contribution in [0.15, 0.2) is 65.7 Å². The Kier molecular flexibility index (Phi) is 7.51. The summed E-state index contributed by atoms with van der Waals surface area (Å²) in [6.07, 6.45) is 1.73. The van der Waals surface area contributed by atoms with Crippen LogP contribution >= 0.6 is 0 Å². The van der Waals surface area contributed by atoms with E-state index in [4.69, 9.17) is 9.47 Å². The number of anilines is 1. The molecule has 146 valence electrons. The van der Waals surface area contributed by atoms with Crippen molar-refractivity contribution in [1.82, 2.24) is 0 Å². The second kappa shape index (κ2) is 10.1. The van der Waals surface area contributed by atoms with Crippen molar-refractivity contribution in [3.8, 4) is 0 Å². The number of esters is 2. The molecular formula is C22H24N2O4. The van der Waals surface area contributed by atoms with E-state index in [-0.39, 0.29) is 13.2 Å². The van der Waals surface area contributed by atoms with Crippen LogP contribution in [0.3, 0.4) is 0 Å². The minimum atomic E-state index is -0.504. The van der Waals surface area contributed by atoms with Gasteiger partial charge >= 0.3 is 11.9 Å². The molecule has 6 heteroatoms. The molecule has 0 N–H and O–H groups in total. The summed E-state index contributed by atoms with van der Waals surface area (Å²) in [7, 11) is 3.97. The summed E-state index contributed by atoms with van der Waals surface area (Å²) in [4.78, 5) is 29.7. The van der Waals surface area contributed by atoms with Crippen molar-refractivity contribution >= 4 is 29.5 Å². The third kappa shape index (κ3) is 6.39. The summed E-state index contributed by atoms with van der Waals surface area (Å²) in [5.41, 5.74) is 3.54. The van der Waals surface area contributed by atoms with Crippen LogP contribution in [0.2, 0.25) is 0 Å². The average molecular weight is 380 g/mol. The van der Waals surface area contributed by atoms with E-state index in [1.54, 1.807) is 37.4 Å². The van der Waals surface area contributed by atoms with Gasteiger partial charge in [-0.15, -0.1) is 0 Å². The zero-order chi connectivity index (χ0) is 20.5. The quantitative estimate of drug-likeness (QED) is 0.302. The Morgan fingerprint density at radius 3 is 2.18 bits per heavy atom. The third-order valence-electron chi connectivity index (χ3n) is 3.77. The molecule has 0 aliphatic heterocycles. The highest BCUT2D eigenvalue weighted by Crippen LogP contribution is 2.18. The van der Waals surface area contributed by atoms with Crippen molar-refractivity contribution in [2.75, 3.05) is 32.2 Å². The van der Waals surface area contributed by atoms with Gasteiger partial charge in [-0.1, -0.05) is 18.7 Å². The average Bonchev–Trinajstić information content (AvgIpc) is 2.69. The lowest BCUT2D eigenvalue weighted by atomic mass is 10.1. The zero-order valence-corrected chi connectivity index (χ0v) is 16.3. The smallest absolute Gasteiger partial charge is 0.338 e. The number of ether oxygens (including phenoxy) is 2. The highest BCUT2D eigenvalue weighted by Gasteiger charge is 2.08. The molecule has 2 aromatic rings. The SMILES string of the molecule is C=C(C)C(=O)OCCOC(=O)c1ccc(C=Nc2ccc(N(C)C)cc2)cc1. The molecule has 2 rings (SSSR count). The number of hydrogen-bond donors (Lipinski definition) is 0. The standard InChI is InChI=1S/C22H24N2O4/c1-16(2)21(25)27-13-14-28-22(26)18-7-5-17(6-8-18)15-23-19-9-11-20(12-10-19)24(3)4/h5-12,15H,1,13-14H2,2-4H3. The topological polar surface area (TPSA) is 68.2 Å². The zero-order valence-electron chi connectivity index (χ0n) is 16.3. The van der Waals surface area contributed by atoms with Crippen LogP contribution in [0.1, 0.15) is 22.8 Å². The minimum absolute atomic E-state index is 0.00517. The Morgan fingerprint density at radius 2 is 1.61 bits per heavy atom. The Labute approximate surface area is 165 Å². The highest BCUT2D eigenvalue weighted by molar-refractivity contribution is 5.91. The van der Waals surface area contributed by atoms with E-state index in [1.165, 1.54) is 0 Å². The number of nitrogens with zero attached hydrogens (tertiary/aromatic N) is 2. The van der Waals surface area contributed by atoms with Gasteiger partial charge in [-0.25, -0.2) is 9.59 Å². The molecule has 0 aliphatic carbocycles. The van der Waals surface area contributed by atoms with Gasteiger partial charge in [0, 0.05) is 31.6 Å². The Hall–Kier alpha value is -3.41. The number of carbonyl (C=O) groups excluding carboxylic acids is 2. The fraction of sp³-hybridized carbons (Fsp3) is 0.227. The molecule has 0 atom stereocenters. The van der Waals surface area contributed by atoms with E-state index in [2.05, 4.69) is 11.6 Å². The fourth-order valence-electron chi connectivity index (χ4n) is 2.17. The van der Waals surface area contributed by atoms with Gasteiger partial charge in [0.05, 0.1) is 11.3 Å². The van der Waals surface area contributed by atoms with Crippen molar-refractivity contribution < 1.29 is 19.1 Å². The second-order valence-corrected chi connectivity index (χ2v) is 6.34. The van der Waals surface area contributed by atoms with Crippen LogP contribution in [-0.4, -0.2) is 45.5 Å². The molecule has 0 radical (unpaired) electrons. The first-order valence-electron chi connectivity index (χ1n) is 8.78. The van der Waals surface area contributed by atoms with Crippen molar-refractivity contribution in [2.24, 2.45) is 4.99 Å². The minimum Gasteiger partial charge on any atom is -0.459 e. The normalized spacial score (nSPS) is 10.5. The molecule has 28 heavy (non-hydrogen) atoms. The molecule has 0 saturated heterocycles. The van der Waals surface area contributed by atoms with Gasteiger partial charge in [-0.2, -0.15) is 0 Å². The van der Waals surface area contributed by atoms with E-state index in [0.717, 1.165) is 16.9 Å². The maximum absolute atomic E-state index is 12.0. The summed E-state index contributed by atoms with van der Waals surface area (Å²) in [6, 6.07) is 14.8. The Bertz CT molecular complexity index is 853. The van der Waals surface area contributed by atoms with Gasteiger partial charge in [0.15, 0.2) is 0 Å². The van der Waals surface area contributed by atoms with Gasteiger partial charge < -0.3 is 14.4 Å². The Balaban J connectivity index is 1.85. The van der Waals surface area contributed by atoms with Crippen LogP contribution in [0.25, 0.3) is 0 Å². The fourth-order valence-corrected chi connectivity index (χ4v) is 2.17. The first-order chi connectivity index (χ1) is 13.4. The summed E-state index contributed by atoms with van der Waals surface area (Å²) >= 11 is 0. The first-order valence-corrected chi connectivity index (χ1v) is 8.78. The molecule has 0 amide bonds. The van der Waals surface area contributed by atoms with Gasteiger partial charge in [0.2, 0.25) is 0 Å². The maximum atomic E-state index is 12.0. The van der Waals surface area contributed by atoms with Crippen LogP contribution in [0.4, 0.5) is 11.4 Å². The number of rotatable bonds is 8. The second-order valence-electron chi connectivity index (χ2n) is 6.34. The molecule has 0 spiro atoms. The lowest BCUT2D eigenvalue weighted by Crippen LogP contribution is -2.14. The molecule has 0 aliphatic rings. The predicted molar refractivity (Wildman–Crippen MR) is 111 cm³/mol. The number of hydrogen-bond acceptors (Lipinski definition) is 6. The summed E-state index contributed by atoms with van der Waals surface area (Å²) in [5.74, 6) is -0.981. The lowest BCUT2D eigenvalue weighted by molar-refractivity contribution is -0.140. The van der Waals surface area contributed by atoms with E-state index in [0.29, 0.717) is 11.1 Å². The molecule has 0 bridgehead atoms. The highest BCUT2D eigenvalue weighted by atomic mass is 16.6. The van der Waals surface area contributed by atoms with Crippen LogP contribution in [0.5, 0.6) is 0 Å². The monoisotopic (exact) mass is 380 g/mol. The molecule has 0 aromatic heterocycles. The number of carbonyl (C=O) groups is 2. The van der Waals surface area contributed by atoms with E-state index >= 15 is 0 Å². The lowest BCUT2D eigenvalue weighted by Gasteiger charge is -2.11. The molecule has 2 aromatic carbocycles. The van der Waals surface area contributed by atoms with Gasteiger partial charge in [-0.05, 0) is 48.9 Å². The van der Waals surface area contributed by atoms with Crippen LogP contribution in [-0.2, 0) is 14.3 Å². The van der Waals surface area contributed by atoms with Gasteiger partial charge in [0.25, 0.3) is 0 Å². The largest absolute Gasteiger partial charge is 0.459 e. The van der Waals surface area contributed by atoms with Gasteiger partial charge in [-0.3, -0.25) is 4.99 Å². The Morgan fingerprint density at radius 1 is 1.00 bits per heavy atom. The molecule has 0 fully saturated rings. The first kappa shape index (κ1) is 20.9. The molecule has 6 nitrogen and oxygen atoms in total. The number of benzene rings is 2. The van der Waals surface area contributed by atoms with E-state index in [1.807, 2.05) is 43.3 Å². The molecule has 0 saturated carbocycles. The summed E-state index contributed by atoms with van der Waals surface area (Å²) < 4.78 is 9.94. The van der Waals surface area contributed by atoms with E-state index < -0.39 is 11.9 Å². The van der Waals surface area contributed by atoms with Crippen LogP contribution < -0.4 is 4.90 Å². The molecular weight excluding hydrogens is 356 g/mol. The number of aliphatic imine (C=N–C) groups is 1. The summed E-state index contributed by atoms with van der Waals surface area (Å²) in [6.45, 7) is 5.01. The predicted octanol–water partition coefficient (Wildman–Crippen LogP) is 3.78. The van der Waals surface area contributed by atoms with E-state index in [9.17, 15) is 9.59 Å². The maximum Gasteiger partial charge on any atom is 0.338 e.